The lowest BCUT2D eigenvalue weighted by atomic mass is 10.0. The molecule has 0 aliphatic rings. The lowest BCUT2D eigenvalue weighted by molar-refractivity contribution is 0.0981. The van der Waals surface area contributed by atoms with Crippen molar-refractivity contribution in [1.29, 1.82) is 0 Å². The van der Waals surface area contributed by atoms with Crippen LogP contribution in [0.1, 0.15) is 46.8 Å². The number of hydrogen-bond donors (Lipinski definition) is 0. The topological polar surface area (TPSA) is 52.0 Å². The molecule has 0 atom stereocenters. The van der Waals surface area contributed by atoms with Gasteiger partial charge < -0.3 is 4.57 Å². The quantitative estimate of drug-likeness (QED) is 0.610. The smallest absolute Gasteiger partial charge is 0.250 e. The minimum Gasteiger partial charge on any atom is -0.311 e. The largest absolute Gasteiger partial charge is 0.311 e. The highest BCUT2D eigenvalue weighted by Gasteiger charge is 2.07. The van der Waals surface area contributed by atoms with Gasteiger partial charge in [0.15, 0.2) is 5.78 Å². The van der Waals surface area contributed by atoms with Crippen LogP contribution in [0.4, 0.5) is 0 Å². The molecule has 0 N–H and O–H groups in total. The van der Waals surface area contributed by atoms with Crippen molar-refractivity contribution in [3.63, 3.8) is 0 Å². The van der Waals surface area contributed by atoms with Gasteiger partial charge in [-0.05, 0) is 41.7 Å². The van der Waals surface area contributed by atoms with Gasteiger partial charge in [0.1, 0.15) is 0 Å². The average molecular weight is 346 g/mol. The van der Waals surface area contributed by atoms with Gasteiger partial charge >= 0.3 is 0 Å². The number of Topliss-reactive ketones (excluding diaryl/α,β-unsaturated/α-hetero) is 1. The van der Waals surface area contributed by atoms with Crippen LogP contribution >= 0.6 is 0 Å². The predicted octanol–water partition coefficient (Wildman–Crippen LogP) is 3.87. The molecule has 0 unspecified atom stereocenters. The molecule has 2 heterocycles. The molecule has 26 heavy (non-hydrogen) atoms. The van der Waals surface area contributed by atoms with E-state index in [4.69, 9.17) is 0 Å². The molecular formula is C22H22N2O2. The third-order valence-electron chi connectivity index (χ3n) is 4.28. The summed E-state index contributed by atoms with van der Waals surface area (Å²) in [5.74, 6) is 0.144. The van der Waals surface area contributed by atoms with Crippen molar-refractivity contribution >= 4 is 5.78 Å². The Labute approximate surface area is 153 Å². The molecule has 132 valence electrons. The Balaban J connectivity index is 1.70. The minimum absolute atomic E-state index is 0.00351. The van der Waals surface area contributed by atoms with Crippen LogP contribution in [0.25, 0.3) is 0 Å². The molecular weight excluding hydrogens is 324 g/mol. The van der Waals surface area contributed by atoms with Gasteiger partial charge in [0.05, 0.1) is 6.54 Å². The Kier molecular flexibility index (Phi) is 5.74. The fraction of sp³-hybridized carbons (Fsp3) is 0.227. The molecule has 0 saturated heterocycles. The van der Waals surface area contributed by atoms with Gasteiger partial charge in [-0.2, -0.15) is 0 Å². The van der Waals surface area contributed by atoms with Crippen LogP contribution in [0.3, 0.4) is 0 Å². The predicted molar refractivity (Wildman–Crippen MR) is 103 cm³/mol. The van der Waals surface area contributed by atoms with E-state index >= 15 is 0 Å². The number of carbonyl (C=O) groups excluding carboxylic acids is 1. The molecule has 0 spiro atoms. The number of carbonyl (C=O) groups is 1. The molecule has 0 bridgehead atoms. The standard InChI is InChI=1S/C22H22N2O2/c1-2-5-21(25)20-13-19(14-23-15-20)12-17-7-9-18(10-8-17)16-24-11-4-3-6-22(24)26/h3-4,6-11,13-15H,2,5,12,16H2,1H3. The molecule has 0 radical (unpaired) electrons. The number of benzene rings is 1. The second-order valence-electron chi connectivity index (χ2n) is 6.42. The first-order valence-electron chi connectivity index (χ1n) is 8.86. The fourth-order valence-electron chi connectivity index (χ4n) is 2.89. The fourth-order valence-corrected chi connectivity index (χ4v) is 2.89. The number of rotatable bonds is 7. The van der Waals surface area contributed by atoms with E-state index in [1.807, 2.05) is 31.2 Å². The summed E-state index contributed by atoms with van der Waals surface area (Å²) in [6.45, 7) is 2.56. The Hall–Kier alpha value is -3.01. The van der Waals surface area contributed by atoms with E-state index in [1.165, 1.54) is 0 Å². The number of pyridine rings is 2. The van der Waals surface area contributed by atoms with Crippen molar-refractivity contribution in [1.82, 2.24) is 9.55 Å². The van der Waals surface area contributed by atoms with Gasteiger partial charge in [0.25, 0.3) is 5.56 Å². The maximum Gasteiger partial charge on any atom is 0.250 e. The van der Waals surface area contributed by atoms with Crippen LogP contribution in [0.5, 0.6) is 0 Å². The van der Waals surface area contributed by atoms with Crippen molar-refractivity contribution in [3.8, 4) is 0 Å². The lowest BCUT2D eigenvalue weighted by Crippen LogP contribution is -2.18. The van der Waals surface area contributed by atoms with Crippen molar-refractivity contribution in [2.24, 2.45) is 0 Å². The van der Waals surface area contributed by atoms with Gasteiger partial charge in [-0.25, -0.2) is 0 Å². The van der Waals surface area contributed by atoms with Crippen molar-refractivity contribution in [2.45, 2.75) is 32.7 Å². The van der Waals surface area contributed by atoms with Crippen LogP contribution in [-0.2, 0) is 13.0 Å². The highest BCUT2D eigenvalue weighted by molar-refractivity contribution is 5.95. The van der Waals surface area contributed by atoms with Gasteiger partial charge in [-0.1, -0.05) is 37.3 Å². The zero-order valence-electron chi connectivity index (χ0n) is 14.9. The Bertz CT molecular complexity index is 943. The number of aromatic nitrogens is 2. The molecule has 0 aliphatic carbocycles. The molecule has 0 fully saturated rings. The van der Waals surface area contributed by atoms with E-state index in [0.29, 0.717) is 18.5 Å². The molecule has 0 aliphatic heterocycles. The zero-order valence-corrected chi connectivity index (χ0v) is 14.9. The first kappa shape index (κ1) is 17.8. The van der Waals surface area contributed by atoms with Crippen LogP contribution in [0.15, 0.2) is 71.9 Å². The first-order valence-corrected chi connectivity index (χ1v) is 8.86. The van der Waals surface area contributed by atoms with E-state index < -0.39 is 0 Å². The maximum atomic E-state index is 12.0. The molecule has 1 aromatic carbocycles. The summed E-state index contributed by atoms with van der Waals surface area (Å²) in [6, 6.07) is 15.3. The Morgan fingerprint density at radius 2 is 1.77 bits per heavy atom. The van der Waals surface area contributed by atoms with Gasteiger partial charge in [-0.15, -0.1) is 0 Å². The molecule has 3 aromatic rings. The summed E-state index contributed by atoms with van der Waals surface area (Å²) >= 11 is 0. The number of ketones is 1. The summed E-state index contributed by atoms with van der Waals surface area (Å²) in [5.41, 5.74) is 3.93. The van der Waals surface area contributed by atoms with E-state index in [9.17, 15) is 9.59 Å². The van der Waals surface area contributed by atoms with Gasteiger partial charge in [-0.3, -0.25) is 14.6 Å². The minimum atomic E-state index is -0.00351. The highest BCUT2D eigenvalue weighted by Crippen LogP contribution is 2.13. The summed E-state index contributed by atoms with van der Waals surface area (Å²) < 4.78 is 1.68. The Morgan fingerprint density at radius 1 is 1.00 bits per heavy atom. The van der Waals surface area contributed by atoms with Crippen LogP contribution < -0.4 is 5.56 Å². The maximum absolute atomic E-state index is 12.0. The summed E-state index contributed by atoms with van der Waals surface area (Å²) in [7, 11) is 0. The summed E-state index contributed by atoms with van der Waals surface area (Å²) in [5, 5.41) is 0. The van der Waals surface area contributed by atoms with Crippen molar-refractivity contribution in [2.75, 3.05) is 0 Å². The lowest BCUT2D eigenvalue weighted by Gasteiger charge is -2.07. The molecule has 4 heteroatoms. The third kappa shape index (κ3) is 4.54. The van der Waals surface area contributed by atoms with E-state index in [2.05, 4.69) is 17.1 Å². The second-order valence-corrected chi connectivity index (χ2v) is 6.42. The summed E-state index contributed by atoms with van der Waals surface area (Å²) in [6.07, 6.45) is 7.36. The molecule has 3 rings (SSSR count). The third-order valence-corrected chi connectivity index (χ3v) is 4.28. The van der Waals surface area contributed by atoms with E-state index in [0.717, 1.165) is 29.5 Å². The van der Waals surface area contributed by atoms with Crippen molar-refractivity contribution < 1.29 is 4.79 Å². The molecule has 0 amide bonds. The molecule has 4 nitrogen and oxygen atoms in total. The summed E-state index contributed by atoms with van der Waals surface area (Å²) in [4.78, 5) is 28.0. The Morgan fingerprint density at radius 3 is 2.50 bits per heavy atom. The molecule has 0 saturated carbocycles. The van der Waals surface area contributed by atoms with Crippen LogP contribution in [-0.4, -0.2) is 15.3 Å². The van der Waals surface area contributed by atoms with E-state index in [1.54, 1.807) is 35.3 Å². The molecule has 2 aromatic heterocycles. The SMILES string of the molecule is CCCC(=O)c1cncc(Cc2ccc(Cn3ccccc3=O)cc2)c1. The van der Waals surface area contributed by atoms with Gasteiger partial charge in [0.2, 0.25) is 0 Å². The normalized spacial score (nSPS) is 10.7. The number of hydrogen-bond acceptors (Lipinski definition) is 3. The average Bonchev–Trinajstić information content (AvgIpc) is 2.66. The van der Waals surface area contributed by atoms with Crippen LogP contribution in [0, 0.1) is 0 Å². The van der Waals surface area contributed by atoms with Crippen LogP contribution in [0.2, 0.25) is 0 Å². The monoisotopic (exact) mass is 346 g/mol. The van der Waals surface area contributed by atoms with Gasteiger partial charge in [0, 0.05) is 36.6 Å². The number of nitrogens with zero attached hydrogens (tertiary/aromatic N) is 2. The zero-order chi connectivity index (χ0) is 18.4. The first-order chi connectivity index (χ1) is 12.7. The highest BCUT2D eigenvalue weighted by atomic mass is 16.1. The van der Waals surface area contributed by atoms with E-state index in [-0.39, 0.29) is 11.3 Å². The second kappa shape index (κ2) is 8.39. The van der Waals surface area contributed by atoms with Crippen molar-refractivity contribution in [3.05, 3.63) is 99.7 Å².